The molecule has 1 N–H and O–H groups in total. The van der Waals surface area contributed by atoms with E-state index < -0.39 is 0 Å². The highest BCUT2D eigenvalue weighted by Crippen LogP contribution is 2.40. The van der Waals surface area contributed by atoms with Gasteiger partial charge >= 0.3 is 0 Å². The van der Waals surface area contributed by atoms with E-state index >= 15 is 0 Å². The maximum atomic E-state index is 6.38. The lowest BCUT2D eigenvalue weighted by molar-refractivity contribution is 0.589. The molecule has 0 saturated heterocycles. The highest BCUT2D eigenvalue weighted by molar-refractivity contribution is 6.43. The van der Waals surface area contributed by atoms with Crippen LogP contribution in [0, 0.1) is 0 Å². The summed E-state index contributed by atoms with van der Waals surface area (Å²) in [7, 11) is 0. The highest BCUT2D eigenvalue weighted by atomic mass is 35.5. The molecule has 2 aromatic carbocycles. The molecule has 0 spiro atoms. The zero-order valence-corrected chi connectivity index (χ0v) is 14.7. The first-order valence-electron chi connectivity index (χ1n) is 6.55. The van der Waals surface area contributed by atoms with Gasteiger partial charge in [-0.05, 0) is 23.8 Å². The van der Waals surface area contributed by atoms with Crippen molar-refractivity contribution in [1.82, 2.24) is 5.32 Å². The van der Waals surface area contributed by atoms with E-state index in [1.54, 1.807) is 12.1 Å². The fourth-order valence-electron chi connectivity index (χ4n) is 1.99. The molecule has 0 unspecified atom stereocenters. The van der Waals surface area contributed by atoms with Crippen LogP contribution in [-0.4, -0.2) is 6.04 Å². The van der Waals surface area contributed by atoms with Gasteiger partial charge in [-0.3, -0.25) is 0 Å². The average molecular weight is 363 g/mol. The summed E-state index contributed by atoms with van der Waals surface area (Å²) in [6, 6.07) is 9.61. The summed E-state index contributed by atoms with van der Waals surface area (Å²) in [5.74, 6) is 0. The standard InChI is InChI=1S/C16H15Cl4N/c1-9(2)21-8-10-3-4-12(13(18)5-10)16-14(19)6-11(17)7-15(16)20/h3-7,9,21H,8H2,1-2H3. The molecule has 2 rings (SSSR count). The van der Waals surface area contributed by atoms with Gasteiger partial charge in [-0.1, -0.05) is 72.4 Å². The Bertz CT molecular complexity index is 630. The fourth-order valence-corrected chi connectivity index (χ4v) is 3.31. The molecule has 0 heterocycles. The summed E-state index contributed by atoms with van der Waals surface area (Å²) >= 11 is 24.8. The normalized spacial score (nSPS) is 11.2. The number of hydrogen-bond donors (Lipinski definition) is 1. The number of nitrogens with one attached hydrogen (secondary N) is 1. The van der Waals surface area contributed by atoms with Gasteiger partial charge in [0.25, 0.3) is 0 Å². The van der Waals surface area contributed by atoms with E-state index in [1.165, 1.54) is 0 Å². The largest absolute Gasteiger partial charge is 0.310 e. The Balaban J connectivity index is 2.38. The molecular weight excluding hydrogens is 348 g/mol. The van der Waals surface area contributed by atoms with E-state index in [9.17, 15) is 0 Å². The zero-order valence-electron chi connectivity index (χ0n) is 11.7. The molecule has 21 heavy (non-hydrogen) atoms. The van der Waals surface area contributed by atoms with Gasteiger partial charge in [0.05, 0.1) is 10.0 Å². The van der Waals surface area contributed by atoms with E-state index in [1.807, 2.05) is 18.2 Å². The SMILES string of the molecule is CC(C)NCc1ccc(-c2c(Cl)cc(Cl)cc2Cl)c(Cl)c1. The van der Waals surface area contributed by atoms with Crippen molar-refractivity contribution >= 4 is 46.4 Å². The fraction of sp³-hybridized carbons (Fsp3) is 0.250. The van der Waals surface area contributed by atoms with Gasteiger partial charge in [-0.2, -0.15) is 0 Å². The van der Waals surface area contributed by atoms with Crippen molar-refractivity contribution < 1.29 is 0 Å². The molecule has 0 fully saturated rings. The highest BCUT2D eigenvalue weighted by Gasteiger charge is 2.13. The Morgan fingerprint density at radius 2 is 1.52 bits per heavy atom. The Hall–Kier alpha value is -0.440. The van der Waals surface area contributed by atoms with Crippen molar-refractivity contribution in [2.24, 2.45) is 0 Å². The molecule has 0 aliphatic carbocycles. The van der Waals surface area contributed by atoms with E-state index in [4.69, 9.17) is 46.4 Å². The minimum atomic E-state index is 0.420. The maximum absolute atomic E-state index is 6.38. The minimum Gasteiger partial charge on any atom is -0.310 e. The Labute approximate surface area is 145 Å². The van der Waals surface area contributed by atoms with Crippen LogP contribution in [0.4, 0.5) is 0 Å². The minimum absolute atomic E-state index is 0.420. The predicted molar refractivity (Wildman–Crippen MR) is 93.9 cm³/mol. The van der Waals surface area contributed by atoms with E-state index in [-0.39, 0.29) is 0 Å². The van der Waals surface area contributed by atoms with Crippen LogP contribution in [0.5, 0.6) is 0 Å². The van der Waals surface area contributed by atoms with Crippen LogP contribution in [0.1, 0.15) is 19.4 Å². The van der Waals surface area contributed by atoms with Gasteiger partial charge in [0, 0.05) is 33.8 Å². The van der Waals surface area contributed by atoms with Gasteiger partial charge in [0.1, 0.15) is 0 Å². The summed E-state index contributed by atoms with van der Waals surface area (Å²) in [5, 5.41) is 5.44. The van der Waals surface area contributed by atoms with E-state index in [0.717, 1.165) is 17.7 Å². The lowest BCUT2D eigenvalue weighted by Gasteiger charge is -2.13. The van der Waals surface area contributed by atoms with Crippen LogP contribution in [0.3, 0.4) is 0 Å². The molecule has 5 heteroatoms. The van der Waals surface area contributed by atoms with Gasteiger partial charge in [-0.25, -0.2) is 0 Å². The first-order chi connectivity index (χ1) is 9.88. The second-order valence-electron chi connectivity index (χ2n) is 5.09. The van der Waals surface area contributed by atoms with E-state index in [0.29, 0.717) is 31.7 Å². The number of halogens is 4. The van der Waals surface area contributed by atoms with Crippen molar-refractivity contribution in [2.45, 2.75) is 26.4 Å². The molecule has 0 atom stereocenters. The summed E-state index contributed by atoms with van der Waals surface area (Å²) in [4.78, 5) is 0. The first kappa shape index (κ1) is 16.9. The van der Waals surface area contributed by atoms with Crippen molar-refractivity contribution in [3.63, 3.8) is 0 Å². The van der Waals surface area contributed by atoms with Crippen molar-refractivity contribution in [1.29, 1.82) is 0 Å². The van der Waals surface area contributed by atoms with E-state index in [2.05, 4.69) is 19.2 Å². The molecule has 0 saturated carbocycles. The topological polar surface area (TPSA) is 12.0 Å². The third kappa shape index (κ3) is 4.28. The summed E-state index contributed by atoms with van der Waals surface area (Å²) in [6.45, 7) is 4.96. The number of hydrogen-bond acceptors (Lipinski definition) is 1. The summed E-state index contributed by atoms with van der Waals surface area (Å²) in [6.07, 6.45) is 0. The molecule has 0 radical (unpaired) electrons. The molecule has 0 aromatic heterocycles. The summed E-state index contributed by atoms with van der Waals surface area (Å²) in [5.41, 5.74) is 2.62. The molecule has 0 aliphatic heterocycles. The van der Waals surface area contributed by atoms with Gasteiger partial charge in [0.15, 0.2) is 0 Å². The molecular formula is C16H15Cl4N. The molecule has 0 bridgehead atoms. The van der Waals surface area contributed by atoms with Crippen LogP contribution >= 0.6 is 46.4 Å². The van der Waals surface area contributed by atoms with Crippen LogP contribution < -0.4 is 5.32 Å². The van der Waals surface area contributed by atoms with Gasteiger partial charge in [0.2, 0.25) is 0 Å². The van der Waals surface area contributed by atoms with Crippen LogP contribution in [0.15, 0.2) is 30.3 Å². The maximum Gasteiger partial charge on any atom is 0.0514 e. The third-order valence-electron chi connectivity index (χ3n) is 3.02. The monoisotopic (exact) mass is 361 g/mol. The summed E-state index contributed by atoms with van der Waals surface area (Å²) < 4.78 is 0. The van der Waals surface area contributed by atoms with Gasteiger partial charge < -0.3 is 5.32 Å². The second-order valence-corrected chi connectivity index (χ2v) is 6.75. The predicted octanol–water partition coefficient (Wildman–Crippen LogP) is 6.47. The van der Waals surface area contributed by atoms with Crippen LogP contribution in [0.25, 0.3) is 11.1 Å². The molecule has 2 aromatic rings. The van der Waals surface area contributed by atoms with Crippen molar-refractivity contribution in [3.05, 3.63) is 56.0 Å². The second kappa shape index (κ2) is 7.21. The van der Waals surface area contributed by atoms with Crippen molar-refractivity contribution in [3.8, 4) is 11.1 Å². The lowest BCUT2D eigenvalue weighted by Crippen LogP contribution is -2.21. The zero-order chi connectivity index (χ0) is 15.6. The Morgan fingerprint density at radius 1 is 0.905 bits per heavy atom. The molecule has 1 nitrogen and oxygen atoms in total. The Morgan fingerprint density at radius 3 is 2.05 bits per heavy atom. The smallest absolute Gasteiger partial charge is 0.0514 e. The quantitative estimate of drug-likeness (QED) is 0.657. The van der Waals surface area contributed by atoms with Crippen LogP contribution in [0.2, 0.25) is 20.1 Å². The lowest BCUT2D eigenvalue weighted by atomic mass is 10.0. The number of rotatable bonds is 4. The van der Waals surface area contributed by atoms with Crippen molar-refractivity contribution in [2.75, 3.05) is 0 Å². The Kier molecular flexibility index (Phi) is 5.81. The molecule has 112 valence electrons. The molecule has 0 amide bonds. The van der Waals surface area contributed by atoms with Gasteiger partial charge in [-0.15, -0.1) is 0 Å². The van der Waals surface area contributed by atoms with Crippen LogP contribution in [-0.2, 0) is 6.54 Å². The number of benzene rings is 2. The first-order valence-corrected chi connectivity index (χ1v) is 8.06. The molecule has 0 aliphatic rings. The third-order valence-corrected chi connectivity index (χ3v) is 4.15. The average Bonchev–Trinajstić information content (AvgIpc) is 2.37.